The van der Waals surface area contributed by atoms with Crippen LogP contribution in [0.4, 0.5) is 8.78 Å². The van der Waals surface area contributed by atoms with E-state index in [0.717, 1.165) is 47.6 Å². The Morgan fingerprint density at radius 2 is 1.96 bits per heavy atom. The van der Waals surface area contributed by atoms with Crippen LogP contribution in [0.1, 0.15) is 37.9 Å². The zero-order valence-electron chi connectivity index (χ0n) is 15.6. The molecule has 0 saturated heterocycles. The maximum Gasteiger partial charge on any atom is 0.251 e. The third-order valence-electron chi connectivity index (χ3n) is 6.04. The summed E-state index contributed by atoms with van der Waals surface area (Å²) in [4.78, 5) is 21.9. The average molecular weight is 384 g/mol. The van der Waals surface area contributed by atoms with Gasteiger partial charge in [-0.15, -0.1) is 0 Å². The number of pyridine rings is 2. The summed E-state index contributed by atoms with van der Waals surface area (Å²) in [7, 11) is 0. The SMILES string of the molecule is O=c1cc(-c2ccc3nc4n(c3n2)CCC4)ccn1CC1CCC(F)(F)CC1. The minimum Gasteiger partial charge on any atom is -0.315 e. The molecule has 0 N–H and O–H groups in total. The van der Waals surface area contributed by atoms with Crippen LogP contribution in [0.25, 0.3) is 22.4 Å². The smallest absolute Gasteiger partial charge is 0.251 e. The van der Waals surface area contributed by atoms with Gasteiger partial charge in [0.1, 0.15) is 11.3 Å². The summed E-state index contributed by atoms with van der Waals surface area (Å²) in [6.07, 6.45) is 4.60. The van der Waals surface area contributed by atoms with E-state index in [1.807, 2.05) is 18.2 Å². The molecule has 7 heteroatoms. The van der Waals surface area contributed by atoms with Crippen LogP contribution in [0.2, 0.25) is 0 Å². The predicted octanol–water partition coefficient (Wildman–Crippen LogP) is 4.03. The van der Waals surface area contributed by atoms with Crippen LogP contribution in [-0.4, -0.2) is 25.0 Å². The normalized spacial score (nSPS) is 19.2. The maximum atomic E-state index is 13.3. The first-order chi connectivity index (χ1) is 13.5. The molecule has 1 saturated carbocycles. The van der Waals surface area contributed by atoms with E-state index in [9.17, 15) is 13.6 Å². The maximum absolute atomic E-state index is 13.3. The molecule has 0 spiro atoms. The lowest BCUT2D eigenvalue weighted by Gasteiger charge is -2.28. The van der Waals surface area contributed by atoms with Crippen molar-refractivity contribution in [1.29, 1.82) is 0 Å². The van der Waals surface area contributed by atoms with E-state index in [4.69, 9.17) is 4.98 Å². The van der Waals surface area contributed by atoms with E-state index < -0.39 is 5.92 Å². The third-order valence-corrected chi connectivity index (χ3v) is 6.04. The van der Waals surface area contributed by atoms with Crippen molar-refractivity contribution in [1.82, 2.24) is 19.1 Å². The lowest BCUT2D eigenvalue weighted by molar-refractivity contribution is -0.0474. The summed E-state index contributed by atoms with van der Waals surface area (Å²) in [6.45, 7) is 1.43. The van der Waals surface area contributed by atoms with Gasteiger partial charge >= 0.3 is 0 Å². The van der Waals surface area contributed by atoms with Crippen molar-refractivity contribution in [2.75, 3.05) is 0 Å². The summed E-state index contributed by atoms with van der Waals surface area (Å²) in [5.41, 5.74) is 3.17. The molecule has 1 fully saturated rings. The number of halogens is 2. The van der Waals surface area contributed by atoms with E-state index >= 15 is 0 Å². The van der Waals surface area contributed by atoms with Gasteiger partial charge in [-0.2, -0.15) is 0 Å². The molecule has 146 valence electrons. The number of fused-ring (bicyclic) bond motifs is 3. The van der Waals surface area contributed by atoms with Crippen molar-refractivity contribution in [2.24, 2.45) is 5.92 Å². The second kappa shape index (κ2) is 6.50. The molecule has 0 radical (unpaired) electrons. The van der Waals surface area contributed by atoms with Crippen LogP contribution in [0, 0.1) is 5.92 Å². The first-order valence-corrected chi connectivity index (χ1v) is 9.93. The summed E-state index contributed by atoms with van der Waals surface area (Å²) in [5.74, 6) is -1.33. The summed E-state index contributed by atoms with van der Waals surface area (Å²) >= 11 is 0. The Bertz CT molecular complexity index is 1090. The summed E-state index contributed by atoms with van der Waals surface area (Å²) < 4.78 is 30.4. The molecule has 0 bridgehead atoms. The highest BCUT2D eigenvalue weighted by Crippen LogP contribution is 2.36. The third kappa shape index (κ3) is 3.12. The van der Waals surface area contributed by atoms with Crippen molar-refractivity contribution < 1.29 is 8.78 Å². The van der Waals surface area contributed by atoms with Crippen LogP contribution in [0.15, 0.2) is 35.3 Å². The zero-order chi connectivity index (χ0) is 19.3. The quantitative estimate of drug-likeness (QED) is 0.685. The van der Waals surface area contributed by atoms with Crippen molar-refractivity contribution in [3.05, 3.63) is 46.6 Å². The summed E-state index contributed by atoms with van der Waals surface area (Å²) in [5, 5.41) is 0. The van der Waals surface area contributed by atoms with Gasteiger partial charge in [0, 0.05) is 50.2 Å². The van der Waals surface area contributed by atoms with Gasteiger partial charge in [-0.3, -0.25) is 4.79 Å². The van der Waals surface area contributed by atoms with Gasteiger partial charge in [-0.25, -0.2) is 18.7 Å². The van der Waals surface area contributed by atoms with E-state index in [1.165, 1.54) is 0 Å². The van der Waals surface area contributed by atoms with Crippen LogP contribution >= 0.6 is 0 Å². The van der Waals surface area contributed by atoms with E-state index in [2.05, 4.69) is 9.55 Å². The van der Waals surface area contributed by atoms with E-state index in [1.54, 1.807) is 16.8 Å². The van der Waals surface area contributed by atoms with Gasteiger partial charge in [0.05, 0.1) is 5.69 Å². The van der Waals surface area contributed by atoms with Crippen molar-refractivity contribution in [3.8, 4) is 11.3 Å². The van der Waals surface area contributed by atoms with Gasteiger partial charge in [-0.1, -0.05) is 0 Å². The molecule has 5 nitrogen and oxygen atoms in total. The Morgan fingerprint density at radius 3 is 2.75 bits per heavy atom. The Hall–Kier alpha value is -2.57. The minimum atomic E-state index is -2.54. The van der Waals surface area contributed by atoms with Crippen molar-refractivity contribution >= 4 is 11.2 Å². The standard InChI is InChI=1S/C21H22F2N4O/c22-21(23)8-5-14(6-9-21)13-26-11-7-15(12-19(26)28)16-3-4-17-20(25-16)27-10-1-2-18(27)24-17/h3-4,7,11-12,14H,1-2,5-6,8-10,13H2. The zero-order valence-corrected chi connectivity index (χ0v) is 15.6. The van der Waals surface area contributed by atoms with Crippen LogP contribution in [-0.2, 0) is 19.5 Å². The molecule has 0 amide bonds. The molecular formula is C21H22F2N4O. The Labute approximate surface area is 161 Å². The second-order valence-corrected chi connectivity index (χ2v) is 8.03. The monoisotopic (exact) mass is 384 g/mol. The second-order valence-electron chi connectivity index (χ2n) is 8.03. The Balaban J connectivity index is 1.39. The first kappa shape index (κ1) is 17.5. The largest absolute Gasteiger partial charge is 0.315 e. The molecule has 1 aliphatic carbocycles. The Kier molecular flexibility index (Phi) is 4.07. The highest BCUT2D eigenvalue weighted by atomic mass is 19.3. The minimum absolute atomic E-state index is 0.0793. The van der Waals surface area contributed by atoms with Crippen LogP contribution in [0.3, 0.4) is 0 Å². The Morgan fingerprint density at radius 1 is 1.14 bits per heavy atom. The molecule has 0 atom stereocenters. The predicted molar refractivity (Wildman–Crippen MR) is 102 cm³/mol. The number of nitrogens with zero attached hydrogens (tertiary/aromatic N) is 4. The number of alkyl halides is 2. The topological polar surface area (TPSA) is 52.7 Å². The summed E-state index contributed by atoms with van der Waals surface area (Å²) in [6, 6.07) is 7.32. The number of aromatic nitrogens is 4. The van der Waals surface area contributed by atoms with Gasteiger partial charge in [0.2, 0.25) is 5.92 Å². The average Bonchev–Trinajstić information content (AvgIpc) is 3.26. The fourth-order valence-corrected chi connectivity index (χ4v) is 4.41. The number of aryl methyl sites for hydroxylation is 2. The van der Waals surface area contributed by atoms with Gasteiger partial charge in [-0.05, 0) is 43.4 Å². The van der Waals surface area contributed by atoms with Crippen LogP contribution < -0.4 is 5.56 Å². The fraction of sp³-hybridized carbons (Fsp3) is 0.476. The molecule has 0 aromatic carbocycles. The highest BCUT2D eigenvalue weighted by Gasteiger charge is 2.34. The number of imidazole rings is 1. The first-order valence-electron chi connectivity index (χ1n) is 9.93. The van der Waals surface area contributed by atoms with Gasteiger partial charge in [0.15, 0.2) is 5.65 Å². The molecule has 5 rings (SSSR count). The van der Waals surface area contributed by atoms with E-state index in [-0.39, 0.29) is 24.3 Å². The molecule has 28 heavy (non-hydrogen) atoms. The van der Waals surface area contributed by atoms with Crippen molar-refractivity contribution in [2.45, 2.75) is 57.5 Å². The highest BCUT2D eigenvalue weighted by molar-refractivity contribution is 5.76. The molecule has 3 aromatic heterocycles. The lowest BCUT2D eigenvalue weighted by Crippen LogP contribution is -2.29. The molecule has 4 heterocycles. The molecule has 0 unspecified atom stereocenters. The number of hydrogen-bond donors (Lipinski definition) is 0. The molecule has 2 aliphatic rings. The lowest BCUT2D eigenvalue weighted by atomic mass is 9.87. The molecule has 1 aliphatic heterocycles. The fourth-order valence-electron chi connectivity index (χ4n) is 4.41. The van der Waals surface area contributed by atoms with Gasteiger partial charge in [0.25, 0.3) is 5.56 Å². The van der Waals surface area contributed by atoms with Gasteiger partial charge < -0.3 is 9.13 Å². The number of rotatable bonds is 3. The van der Waals surface area contributed by atoms with Crippen LogP contribution in [0.5, 0.6) is 0 Å². The molecular weight excluding hydrogens is 362 g/mol. The van der Waals surface area contributed by atoms with Crippen molar-refractivity contribution in [3.63, 3.8) is 0 Å². The van der Waals surface area contributed by atoms with E-state index in [0.29, 0.717) is 19.4 Å². The molecule has 3 aromatic rings. The number of hydrogen-bond acceptors (Lipinski definition) is 3.